The maximum Gasteiger partial charge on any atom is 0.252 e. The molecule has 0 spiro atoms. The molecule has 2 atom stereocenters. The van der Waals surface area contributed by atoms with Gasteiger partial charge in [-0.2, -0.15) is 0 Å². The molecule has 0 saturated carbocycles. The zero-order valence-corrected chi connectivity index (χ0v) is 14.9. The molecule has 0 bridgehead atoms. The van der Waals surface area contributed by atoms with Gasteiger partial charge in [-0.3, -0.25) is 14.6 Å². The third kappa shape index (κ3) is 2.88. The smallest absolute Gasteiger partial charge is 0.252 e. The van der Waals surface area contributed by atoms with E-state index < -0.39 is 5.91 Å². The van der Waals surface area contributed by atoms with Crippen molar-refractivity contribution in [2.45, 2.75) is 19.0 Å². The first-order chi connectivity index (χ1) is 13.0. The van der Waals surface area contributed by atoms with Crippen LogP contribution in [0.2, 0.25) is 0 Å². The minimum absolute atomic E-state index is 0.0397. The van der Waals surface area contributed by atoms with E-state index in [1.165, 1.54) is 6.08 Å². The predicted octanol–water partition coefficient (Wildman–Crippen LogP) is 1.21. The SMILES string of the molecule is C=CC(=O)N1C[C@@H]2C1CN2c1ccc(C(N)=O)c(Nc2ccc(C)nc2)n1. The van der Waals surface area contributed by atoms with E-state index in [-0.39, 0.29) is 18.0 Å². The molecule has 2 aromatic rings. The monoisotopic (exact) mass is 364 g/mol. The molecule has 4 rings (SSSR count). The number of nitrogens with two attached hydrogens (primary N) is 1. The van der Waals surface area contributed by atoms with E-state index in [9.17, 15) is 9.59 Å². The van der Waals surface area contributed by atoms with Crippen LogP contribution in [-0.2, 0) is 4.79 Å². The summed E-state index contributed by atoms with van der Waals surface area (Å²) < 4.78 is 0. The highest BCUT2D eigenvalue weighted by Crippen LogP contribution is 2.37. The molecule has 2 aliphatic rings. The number of piperazine rings is 1. The summed E-state index contributed by atoms with van der Waals surface area (Å²) in [4.78, 5) is 36.3. The Balaban J connectivity index is 1.55. The van der Waals surface area contributed by atoms with Crippen LogP contribution in [-0.4, -0.2) is 51.9 Å². The number of rotatable bonds is 5. The number of hydrogen-bond acceptors (Lipinski definition) is 6. The number of aryl methyl sites for hydroxylation is 1. The second-order valence-corrected chi connectivity index (χ2v) is 6.72. The molecule has 3 N–H and O–H groups in total. The third-order valence-electron chi connectivity index (χ3n) is 5.08. The molecule has 0 radical (unpaired) electrons. The first-order valence-corrected chi connectivity index (χ1v) is 8.68. The number of carbonyl (C=O) groups excluding carboxylic acids is 2. The molecule has 1 unspecified atom stereocenters. The molecule has 2 amide bonds. The Morgan fingerprint density at radius 3 is 2.67 bits per heavy atom. The molecule has 4 heterocycles. The van der Waals surface area contributed by atoms with Crippen LogP contribution in [0.5, 0.6) is 0 Å². The molecular weight excluding hydrogens is 344 g/mol. The Hall–Kier alpha value is -3.42. The van der Waals surface area contributed by atoms with Gasteiger partial charge in [-0.05, 0) is 37.3 Å². The molecule has 8 heteroatoms. The number of anilines is 3. The second-order valence-electron chi connectivity index (χ2n) is 6.72. The van der Waals surface area contributed by atoms with Gasteiger partial charge in [-0.25, -0.2) is 4.98 Å². The van der Waals surface area contributed by atoms with Crippen LogP contribution in [0.4, 0.5) is 17.3 Å². The largest absolute Gasteiger partial charge is 0.365 e. The maximum absolute atomic E-state index is 11.8. The Labute approximate surface area is 156 Å². The highest BCUT2D eigenvalue weighted by molar-refractivity contribution is 5.98. The molecule has 0 aliphatic carbocycles. The lowest BCUT2D eigenvalue weighted by Gasteiger charge is -2.62. The minimum atomic E-state index is -0.551. The van der Waals surface area contributed by atoms with Crippen LogP contribution in [0, 0.1) is 6.92 Å². The van der Waals surface area contributed by atoms with Crippen LogP contribution in [0.25, 0.3) is 0 Å². The summed E-state index contributed by atoms with van der Waals surface area (Å²) in [6.07, 6.45) is 3.02. The first-order valence-electron chi connectivity index (χ1n) is 8.68. The molecule has 8 nitrogen and oxygen atoms in total. The summed E-state index contributed by atoms with van der Waals surface area (Å²) in [5.41, 5.74) is 7.42. The zero-order chi connectivity index (χ0) is 19.1. The van der Waals surface area contributed by atoms with Gasteiger partial charge < -0.3 is 20.9 Å². The van der Waals surface area contributed by atoms with Crippen LogP contribution in [0.15, 0.2) is 43.1 Å². The quantitative estimate of drug-likeness (QED) is 0.773. The van der Waals surface area contributed by atoms with E-state index in [4.69, 9.17) is 5.73 Å². The summed E-state index contributed by atoms with van der Waals surface area (Å²) >= 11 is 0. The van der Waals surface area contributed by atoms with Gasteiger partial charge in [0, 0.05) is 18.8 Å². The number of hydrogen-bond donors (Lipinski definition) is 2. The fraction of sp³-hybridized carbons (Fsp3) is 0.263. The second kappa shape index (κ2) is 6.39. The molecule has 2 saturated heterocycles. The molecule has 2 aromatic heterocycles. The first kappa shape index (κ1) is 17.0. The van der Waals surface area contributed by atoms with E-state index in [1.54, 1.807) is 18.3 Å². The number of likely N-dealkylation sites (tertiary alicyclic amines) is 1. The molecule has 2 aliphatic heterocycles. The van der Waals surface area contributed by atoms with Gasteiger partial charge in [-0.1, -0.05) is 6.58 Å². The molecule has 138 valence electrons. The number of pyridine rings is 2. The molecule has 27 heavy (non-hydrogen) atoms. The number of amides is 2. The van der Waals surface area contributed by atoms with Crippen molar-refractivity contribution in [3.63, 3.8) is 0 Å². The number of carbonyl (C=O) groups is 2. The summed E-state index contributed by atoms with van der Waals surface area (Å²) in [6.45, 7) is 6.79. The lowest BCUT2D eigenvalue weighted by molar-refractivity contribution is -0.138. The van der Waals surface area contributed by atoms with Crippen molar-refractivity contribution in [2.24, 2.45) is 5.73 Å². The highest BCUT2D eigenvalue weighted by atomic mass is 16.2. The van der Waals surface area contributed by atoms with Crippen LogP contribution < -0.4 is 16.0 Å². The number of nitrogens with zero attached hydrogens (tertiary/aromatic N) is 4. The van der Waals surface area contributed by atoms with Gasteiger partial charge in [0.15, 0.2) is 0 Å². The number of fused-ring (bicyclic) bond motifs is 1. The van der Waals surface area contributed by atoms with Crippen molar-refractivity contribution in [1.29, 1.82) is 0 Å². The summed E-state index contributed by atoms with van der Waals surface area (Å²) in [7, 11) is 0. The number of aromatic nitrogens is 2. The van der Waals surface area contributed by atoms with Gasteiger partial charge in [0.25, 0.3) is 5.91 Å². The van der Waals surface area contributed by atoms with Crippen molar-refractivity contribution >= 4 is 29.1 Å². The van der Waals surface area contributed by atoms with Gasteiger partial charge >= 0.3 is 0 Å². The van der Waals surface area contributed by atoms with E-state index in [1.807, 2.05) is 24.0 Å². The van der Waals surface area contributed by atoms with Crippen LogP contribution in [0.1, 0.15) is 16.1 Å². The molecule has 2 fully saturated rings. The lowest BCUT2D eigenvalue weighted by atomic mass is 9.85. The number of primary amides is 1. The van der Waals surface area contributed by atoms with E-state index in [2.05, 4.69) is 26.8 Å². The standard InChI is InChI=1S/C19H20N6O2/c1-3-17(26)25-10-14-15(25)9-24(14)16-7-6-13(18(20)27)19(23-16)22-12-5-4-11(2)21-8-12/h3-8,14-15H,1,9-10H2,2H3,(H2,20,27)(H,22,23)/t14-,15?/m1/s1. The van der Waals surface area contributed by atoms with Crippen molar-refractivity contribution < 1.29 is 9.59 Å². The number of nitrogens with one attached hydrogen (secondary N) is 1. The summed E-state index contributed by atoms with van der Waals surface area (Å²) in [6, 6.07) is 7.64. The van der Waals surface area contributed by atoms with E-state index >= 15 is 0 Å². The Bertz CT molecular complexity index is 926. The maximum atomic E-state index is 11.8. The predicted molar refractivity (Wildman–Crippen MR) is 102 cm³/mol. The normalized spacial score (nSPS) is 20.2. The summed E-state index contributed by atoms with van der Waals surface area (Å²) in [5, 5.41) is 3.13. The Morgan fingerprint density at radius 2 is 2.07 bits per heavy atom. The van der Waals surface area contributed by atoms with Gasteiger partial charge in [0.2, 0.25) is 5.91 Å². The zero-order valence-electron chi connectivity index (χ0n) is 14.9. The van der Waals surface area contributed by atoms with Gasteiger partial charge in [-0.15, -0.1) is 0 Å². The highest BCUT2D eigenvalue weighted by Gasteiger charge is 2.53. The topological polar surface area (TPSA) is 104 Å². The van der Waals surface area contributed by atoms with Gasteiger partial charge in [0.1, 0.15) is 11.6 Å². The average molecular weight is 364 g/mol. The van der Waals surface area contributed by atoms with E-state index in [0.29, 0.717) is 24.5 Å². The Kier molecular flexibility index (Phi) is 4.02. The molecule has 0 aromatic carbocycles. The van der Waals surface area contributed by atoms with Gasteiger partial charge in [0.05, 0.1) is 29.5 Å². The minimum Gasteiger partial charge on any atom is -0.365 e. The van der Waals surface area contributed by atoms with Crippen LogP contribution >= 0.6 is 0 Å². The summed E-state index contributed by atoms with van der Waals surface area (Å²) in [5.74, 6) is 0.550. The Morgan fingerprint density at radius 1 is 1.26 bits per heavy atom. The molecular formula is C19H20N6O2. The van der Waals surface area contributed by atoms with Crippen LogP contribution in [0.3, 0.4) is 0 Å². The van der Waals surface area contributed by atoms with Crippen molar-refractivity contribution in [1.82, 2.24) is 14.9 Å². The van der Waals surface area contributed by atoms with Crippen molar-refractivity contribution in [3.8, 4) is 0 Å². The van der Waals surface area contributed by atoms with Crippen molar-refractivity contribution in [2.75, 3.05) is 23.3 Å². The lowest BCUT2D eigenvalue weighted by Crippen LogP contribution is -2.80. The average Bonchev–Trinajstić information content (AvgIpc) is 2.64. The van der Waals surface area contributed by atoms with E-state index in [0.717, 1.165) is 17.2 Å². The third-order valence-corrected chi connectivity index (χ3v) is 5.08. The fourth-order valence-electron chi connectivity index (χ4n) is 3.47. The fourth-order valence-corrected chi connectivity index (χ4v) is 3.47. The van der Waals surface area contributed by atoms with Crippen molar-refractivity contribution in [3.05, 3.63) is 54.4 Å².